The summed E-state index contributed by atoms with van der Waals surface area (Å²) >= 11 is 1.68. The molecule has 1 aliphatic rings. The fraction of sp³-hybridized carbons (Fsp3) is 0.520. The number of benzene rings is 1. The summed E-state index contributed by atoms with van der Waals surface area (Å²) in [6.45, 7) is 9.46. The lowest BCUT2D eigenvalue weighted by atomic mass is 10.0. The highest BCUT2D eigenvalue weighted by molar-refractivity contribution is 7.99. The van der Waals surface area contributed by atoms with Crippen LogP contribution in [0.5, 0.6) is 5.75 Å². The third-order valence-electron chi connectivity index (χ3n) is 5.86. The van der Waals surface area contributed by atoms with Crippen molar-refractivity contribution in [3.63, 3.8) is 0 Å². The average molecular weight is 483 g/mol. The molecule has 182 valence electrons. The van der Waals surface area contributed by atoms with Crippen LogP contribution in [0.3, 0.4) is 0 Å². The summed E-state index contributed by atoms with van der Waals surface area (Å²) in [5.74, 6) is 2.97. The number of aromatic nitrogens is 4. The van der Waals surface area contributed by atoms with Crippen LogP contribution in [-0.4, -0.2) is 57.6 Å². The van der Waals surface area contributed by atoms with Crippen LogP contribution in [0.2, 0.25) is 0 Å². The highest BCUT2D eigenvalue weighted by Crippen LogP contribution is 2.29. The number of hydrogen-bond acceptors (Lipinski definition) is 7. The molecule has 0 spiro atoms. The first kappa shape index (κ1) is 24.3. The van der Waals surface area contributed by atoms with Gasteiger partial charge in [0.1, 0.15) is 11.6 Å². The first-order valence-electron chi connectivity index (χ1n) is 12.2. The quantitative estimate of drug-likeness (QED) is 0.323. The van der Waals surface area contributed by atoms with E-state index in [1.165, 1.54) is 18.4 Å². The van der Waals surface area contributed by atoms with E-state index in [1.807, 2.05) is 35.1 Å². The van der Waals surface area contributed by atoms with Crippen LogP contribution in [-0.2, 0) is 11.3 Å². The van der Waals surface area contributed by atoms with E-state index in [1.54, 1.807) is 11.8 Å². The Morgan fingerprint density at radius 1 is 1.18 bits per heavy atom. The van der Waals surface area contributed by atoms with Crippen LogP contribution in [0, 0.1) is 0 Å². The van der Waals surface area contributed by atoms with Crippen LogP contribution in [0.25, 0.3) is 11.0 Å². The molecule has 1 aliphatic heterocycles. The lowest BCUT2D eigenvalue weighted by Gasteiger charge is -2.18. The van der Waals surface area contributed by atoms with Gasteiger partial charge in [0.05, 0.1) is 18.1 Å². The molecule has 2 aromatic heterocycles. The summed E-state index contributed by atoms with van der Waals surface area (Å²) in [6, 6.07) is 7.88. The van der Waals surface area contributed by atoms with Crippen molar-refractivity contribution in [1.29, 1.82) is 0 Å². The number of anilines is 1. The first-order valence-corrected chi connectivity index (χ1v) is 13.1. The van der Waals surface area contributed by atoms with Gasteiger partial charge in [0.2, 0.25) is 0 Å². The highest BCUT2D eigenvalue weighted by atomic mass is 32.2. The Labute approximate surface area is 205 Å². The molecule has 9 heteroatoms. The summed E-state index contributed by atoms with van der Waals surface area (Å²) in [6.07, 6.45) is 5.30. The molecule has 3 heterocycles. The number of fused-ring (bicyclic) bond motifs is 1. The topological polar surface area (TPSA) is 85.2 Å². The summed E-state index contributed by atoms with van der Waals surface area (Å²) in [5.41, 5.74) is 2.07. The number of ether oxygens (including phenoxy) is 1. The largest absolute Gasteiger partial charge is 0.484 e. The predicted octanol–water partition coefficient (Wildman–Crippen LogP) is 4.25. The summed E-state index contributed by atoms with van der Waals surface area (Å²) in [7, 11) is 0. The molecular weight excluding hydrogens is 448 g/mol. The zero-order valence-electron chi connectivity index (χ0n) is 20.3. The third-order valence-corrected chi connectivity index (χ3v) is 6.91. The van der Waals surface area contributed by atoms with Gasteiger partial charge in [-0.15, -0.1) is 0 Å². The van der Waals surface area contributed by atoms with Crippen LogP contribution >= 0.6 is 11.8 Å². The van der Waals surface area contributed by atoms with E-state index < -0.39 is 0 Å². The minimum Gasteiger partial charge on any atom is -0.484 e. The molecule has 1 saturated heterocycles. The van der Waals surface area contributed by atoms with E-state index in [-0.39, 0.29) is 12.5 Å². The standard InChI is InChI=1S/C25H34N6O2S/c1-4-15-34-25-28-23(30-12-5-6-13-30)21-16-27-31(24(21)29-25)14-11-26-22(32)17-33-20-9-7-19(8-10-20)18(2)3/h7-10,16,18H,4-6,11-15,17H2,1-3H3,(H,26,32). The Balaban J connectivity index is 1.36. The lowest BCUT2D eigenvalue weighted by Crippen LogP contribution is -2.31. The van der Waals surface area contributed by atoms with E-state index >= 15 is 0 Å². The number of hydrogen-bond donors (Lipinski definition) is 1. The molecule has 0 bridgehead atoms. The first-order chi connectivity index (χ1) is 16.5. The number of nitrogens with one attached hydrogen (secondary N) is 1. The molecule has 4 rings (SSSR count). The van der Waals surface area contributed by atoms with Gasteiger partial charge in [0, 0.05) is 25.4 Å². The second kappa shape index (κ2) is 11.6. The monoisotopic (exact) mass is 482 g/mol. The van der Waals surface area contributed by atoms with Crippen molar-refractivity contribution in [1.82, 2.24) is 25.1 Å². The van der Waals surface area contributed by atoms with E-state index in [2.05, 4.69) is 36.1 Å². The molecule has 1 amide bonds. The Kier molecular flexibility index (Phi) is 8.26. The SMILES string of the molecule is CCCSc1nc(N2CCCC2)c2cnn(CCNC(=O)COc3ccc(C(C)C)cc3)c2n1. The highest BCUT2D eigenvalue weighted by Gasteiger charge is 2.20. The fourth-order valence-corrected chi connectivity index (χ4v) is 4.65. The van der Waals surface area contributed by atoms with Crippen LogP contribution in [0.4, 0.5) is 5.82 Å². The van der Waals surface area contributed by atoms with Gasteiger partial charge in [0.25, 0.3) is 5.91 Å². The number of rotatable bonds is 11. The van der Waals surface area contributed by atoms with Crippen molar-refractivity contribution in [2.24, 2.45) is 0 Å². The minimum atomic E-state index is -0.157. The Morgan fingerprint density at radius 3 is 2.65 bits per heavy atom. The van der Waals surface area contributed by atoms with Crippen LogP contribution < -0.4 is 15.0 Å². The molecule has 0 unspecified atom stereocenters. The number of carbonyl (C=O) groups is 1. The van der Waals surface area contributed by atoms with E-state index in [0.717, 1.165) is 47.3 Å². The molecule has 1 N–H and O–H groups in total. The Bertz CT molecular complexity index is 1090. The summed E-state index contributed by atoms with van der Waals surface area (Å²) in [5, 5.41) is 9.24. The summed E-state index contributed by atoms with van der Waals surface area (Å²) < 4.78 is 7.48. The van der Waals surface area contributed by atoms with Gasteiger partial charge in [-0.25, -0.2) is 14.6 Å². The van der Waals surface area contributed by atoms with Crippen LogP contribution in [0.1, 0.15) is 51.5 Å². The number of thioether (sulfide) groups is 1. The molecule has 8 nitrogen and oxygen atoms in total. The summed E-state index contributed by atoms with van der Waals surface area (Å²) in [4.78, 5) is 24.2. The van der Waals surface area contributed by atoms with Crippen molar-refractivity contribution >= 4 is 34.5 Å². The second-order valence-corrected chi connectivity index (χ2v) is 9.90. The van der Waals surface area contributed by atoms with E-state index in [9.17, 15) is 4.79 Å². The van der Waals surface area contributed by atoms with Crippen molar-refractivity contribution in [3.05, 3.63) is 36.0 Å². The zero-order chi connectivity index (χ0) is 23.9. The van der Waals surface area contributed by atoms with Crippen molar-refractivity contribution in [2.45, 2.75) is 57.7 Å². The maximum absolute atomic E-state index is 12.3. The van der Waals surface area contributed by atoms with Gasteiger partial charge in [0.15, 0.2) is 17.4 Å². The van der Waals surface area contributed by atoms with Gasteiger partial charge in [-0.3, -0.25) is 4.79 Å². The normalized spacial score (nSPS) is 13.7. The van der Waals surface area contributed by atoms with Crippen molar-refractivity contribution in [2.75, 3.05) is 36.9 Å². The smallest absolute Gasteiger partial charge is 0.258 e. The minimum absolute atomic E-state index is 0.0139. The average Bonchev–Trinajstić information content (AvgIpc) is 3.52. The van der Waals surface area contributed by atoms with Gasteiger partial charge in [-0.2, -0.15) is 5.10 Å². The van der Waals surface area contributed by atoms with Gasteiger partial charge >= 0.3 is 0 Å². The molecule has 34 heavy (non-hydrogen) atoms. The van der Waals surface area contributed by atoms with E-state index in [4.69, 9.17) is 14.7 Å². The molecule has 0 saturated carbocycles. The molecule has 0 aliphatic carbocycles. The molecule has 0 radical (unpaired) electrons. The molecule has 0 atom stereocenters. The molecular formula is C25H34N6O2S. The number of amides is 1. The number of carbonyl (C=O) groups excluding carboxylic acids is 1. The van der Waals surface area contributed by atoms with Crippen molar-refractivity contribution in [3.8, 4) is 5.75 Å². The maximum Gasteiger partial charge on any atom is 0.258 e. The predicted molar refractivity (Wildman–Crippen MR) is 137 cm³/mol. The van der Waals surface area contributed by atoms with E-state index in [0.29, 0.717) is 24.8 Å². The van der Waals surface area contributed by atoms with Gasteiger partial charge in [-0.1, -0.05) is 44.7 Å². The van der Waals surface area contributed by atoms with Crippen LogP contribution in [0.15, 0.2) is 35.6 Å². The van der Waals surface area contributed by atoms with Gasteiger partial charge < -0.3 is 15.0 Å². The fourth-order valence-electron chi connectivity index (χ4n) is 3.96. The molecule has 1 fully saturated rings. The Morgan fingerprint density at radius 2 is 1.94 bits per heavy atom. The second-order valence-electron chi connectivity index (χ2n) is 8.84. The molecule has 1 aromatic carbocycles. The van der Waals surface area contributed by atoms with Gasteiger partial charge in [-0.05, 0) is 42.9 Å². The maximum atomic E-state index is 12.3. The van der Waals surface area contributed by atoms with Crippen molar-refractivity contribution < 1.29 is 9.53 Å². The Hall–Kier alpha value is -2.81. The zero-order valence-corrected chi connectivity index (χ0v) is 21.1. The number of nitrogens with zero attached hydrogens (tertiary/aromatic N) is 5. The molecule has 3 aromatic rings. The lowest BCUT2D eigenvalue weighted by molar-refractivity contribution is -0.123. The third kappa shape index (κ3) is 6.00.